The molecule has 0 spiro atoms. The molecule has 0 aliphatic carbocycles. The second kappa shape index (κ2) is 8.40. The van der Waals surface area contributed by atoms with Gasteiger partial charge in [0, 0.05) is 49.0 Å². The molecule has 2 saturated heterocycles. The number of anilines is 1. The summed E-state index contributed by atoms with van der Waals surface area (Å²) in [6.07, 6.45) is 2.57. The Hall–Kier alpha value is -2.37. The Labute approximate surface area is 182 Å². The Morgan fingerprint density at radius 3 is 2.13 bits per heavy atom. The SMILES string of the molecule is CC(=O)N[C@@]1(C)C[C@@H](c2ccc(Cl)cc2)O[C@@H](c2ccc(N3CCCC3=O)cc2)C1. The first-order chi connectivity index (χ1) is 14.3. The van der Waals surface area contributed by atoms with Crippen LogP contribution in [0, 0.1) is 0 Å². The van der Waals surface area contributed by atoms with Crippen LogP contribution in [0.15, 0.2) is 48.5 Å². The summed E-state index contributed by atoms with van der Waals surface area (Å²) in [4.78, 5) is 25.7. The average molecular weight is 427 g/mol. The predicted molar refractivity (Wildman–Crippen MR) is 118 cm³/mol. The number of ether oxygens (including phenoxy) is 1. The smallest absolute Gasteiger partial charge is 0.227 e. The van der Waals surface area contributed by atoms with Crippen molar-refractivity contribution in [2.75, 3.05) is 11.4 Å². The molecule has 0 bridgehead atoms. The monoisotopic (exact) mass is 426 g/mol. The van der Waals surface area contributed by atoms with E-state index in [9.17, 15) is 9.59 Å². The fourth-order valence-corrected chi connectivity index (χ4v) is 4.71. The number of rotatable bonds is 4. The summed E-state index contributed by atoms with van der Waals surface area (Å²) < 4.78 is 6.49. The number of hydrogen-bond donors (Lipinski definition) is 1. The van der Waals surface area contributed by atoms with Crippen LogP contribution in [0.3, 0.4) is 0 Å². The van der Waals surface area contributed by atoms with Crippen molar-refractivity contribution in [3.8, 4) is 0 Å². The number of halogens is 1. The van der Waals surface area contributed by atoms with Crippen molar-refractivity contribution in [2.24, 2.45) is 0 Å². The largest absolute Gasteiger partial charge is 0.365 e. The highest BCUT2D eigenvalue weighted by Crippen LogP contribution is 2.44. The zero-order chi connectivity index (χ0) is 21.3. The van der Waals surface area contributed by atoms with E-state index in [0.717, 1.165) is 29.8 Å². The molecule has 2 amide bonds. The molecule has 158 valence electrons. The van der Waals surface area contributed by atoms with Gasteiger partial charge in [-0.15, -0.1) is 0 Å². The van der Waals surface area contributed by atoms with Crippen LogP contribution in [0.25, 0.3) is 0 Å². The molecule has 2 heterocycles. The normalized spacial score (nSPS) is 26.6. The molecule has 5 nitrogen and oxygen atoms in total. The third-order valence-electron chi connectivity index (χ3n) is 5.97. The summed E-state index contributed by atoms with van der Waals surface area (Å²) in [5, 5.41) is 3.82. The minimum atomic E-state index is -0.386. The van der Waals surface area contributed by atoms with E-state index in [1.165, 1.54) is 0 Å². The van der Waals surface area contributed by atoms with Gasteiger partial charge in [-0.3, -0.25) is 9.59 Å². The lowest BCUT2D eigenvalue weighted by Gasteiger charge is -2.43. The molecule has 2 aromatic carbocycles. The minimum absolute atomic E-state index is 0.0455. The fraction of sp³-hybridized carbons (Fsp3) is 0.417. The van der Waals surface area contributed by atoms with Crippen LogP contribution in [-0.4, -0.2) is 23.9 Å². The Balaban J connectivity index is 1.59. The van der Waals surface area contributed by atoms with Crippen molar-refractivity contribution in [1.82, 2.24) is 5.32 Å². The van der Waals surface area contributed by atoms with Gasteiger partial charge in [-0.05, 0) is 48.7 Å². The first-order valence-electron chi connectivity index (χ1n) is 10.4. The average Bonchev–Trinajstić information content (AvgIpc) is 3.13. The van der Waals surface area contributed by atoms with Gasteiger partial charge in [-0.25, -0.2) is 0 Å². The van der Waals surface area contributed by atoms with E-state index >= 15 is 0 Å². The predicted octanol–water partition coefficient (Wildman–Crippen LogP) is 4.95. The third kappa shape index (κ3) is 4.52. The molecule has 0 saturated carbocycles. The molecule has 30 heavy (non-hydrogen) atoms. The van der Waals surface area contributed by atoms with E-state index in [-0.39, 0.29) is 29.6 Å². The number of benzene rings is 2. The van der Waals surface area contributed by atoms with Crippen molar-refractivity contribution >= 4 is 29.1 Å². The lowest BCUT2D eigenvalue weighted by atomic mass is 9.81. The maximum Gasteiger partial charge on any atom is 0.227 e. The molecule has 2 aromatic rings. The summed E-state index contributed by atoms with van der Waals surface area (Å²) in [6, 6.07) is 15.7. The summed E-state index contributed by atoms with van der Waals surface area (Å²) >= 11 is 6.05. The molecular formula is C24H27ClN2O3. The topological polar surface area (TPSA) is 58.6 Å². The van der Waals surface area contributed by atoms with Crippen molar-refractivity contribution in [2.45, 2.75) is 57.3 Å². The second-order valence-electron chi connectivity index (χ2n) is 8.56. The number of hydrogen-bond acceptors (Lipinski definition) is 3. The number of carbonyl (C=O) groups excluding carboxylic acids is 2. The first kappa shape index (κ1) is 20.9. The van der Waals surface area contributed by atoms with Gasteiger partial charge in [0.25, 0.3) is 0 Å². The van der Waals surface area contributed by atoms with E-state index in [0.29, 0.717) is 24.3 Å². The summed E-state index contributed by atoms with van der Waals surface area (Å²) in [5.74, 6) is 0.133. The molecule has 6 heteroatoms. The van der Waals surface area contributed by atoms with Crippen molar-refractivity contribution < 1.29 is 14.3 Å². The minimum Gasteiger partial charge on any atom is -0.365 e. The van der Waals surface area contributed by atoms with Crippen LogP contribution >= 0.6 is 11.6 Å². The van der Waals surface area contributed by atoms with E-state index in [1.54, 1.807) is 6.92 Å². The van der Waals surface area contributed by atoms with Gasteiger partial charge in [-0.1, -0.05) is 35.9 Å². The molecule has 2 fully saturated rings. The summed E-state index contributed by atoms with van der Waals surface area (Å²) in [7, 11) is 0. The molecule has 0 radical (unpaired) electrons. The maximum atomic E-state index is 12.0. The highest BCUT2D eigenvalue weighted by atomic mass is 35.5. The van der Waals surface area contributed by atoms with Gasteiger partial charge in [0.1, 0.15) is 0 Å². The van der Waals surface area contributed by atoms with E-state index in [2.05, 4.69) is 12.2 Å². The standard InChI is InChI=1S/C24H27ClN2O3/c1-16(28)26-24(2)14-21(17-5-9-19(25)10-6-17)30-22(15-24)18-7-11-20(12-8-18)27-13-3-4-23(27)29/h5-12,21-22H,3-4,13-15H2,1-2H3,(H,26,28)/t21-,22+,24-/m0/s1. The van der Waals surface area contributed by atoms with Gasteiger partial charge in [0.05, 0.1) is 12.2 Å². The van der Waals surface area contributed by atoms with Crippen LogP contribution < -0.4 is 10.2 Å². The Morgan fingerprint density at radius 2 is 1.63 bits per heavy atom. The lowest BCUT2D eigenvalue weighted by Crippen LogP contribution is -2.50. The van der Waals surface area contributed by atoms with Crippen LogP contribution in [-0.2, 0) is 14.3 Å². The molecule has 0 unspecified atom stereocenters. The first-order valence-corrected chi connectivity index (χ1v) is 10.8. The second-order valence-corrected chi connectivity index (χ2v) is 8.99. The maximum absolute atomic E-state index is 12.0. The Bertz CT molecular complexity index is 928. The fourth-order valence-electron chi connectivity index (χ4n) is 4.58. The number of nitrogens with one attached hydrogen (secondary N) is 1. The van der Waals surface area contributed by atoms with Crippen molar-refractivity contribution in [1.29, 1.82) is 0 Å². The Kier molecular flexibility index (Phi) is 5.85. The van der Waals surface area contributed by atoms with E-state index in [1.807, 2.05) is 53.4 Å². The quantitative estimate of drug-likeness (QED) is 0.752. The number of amides is 2. The van der Waals surface area contributed by atoms with Crippen LogP contribution in [0.2, 0.25) is 5.02 Å². The van der Waals surface area contributed by atoms with Crippen molar-refractivity contribution in [3.05, 3.63) is 64.7 Å². The molecule has 4 rings (SSSR count). The summed E-state index contributed by atoms with van der Waals surface area (Å²) in [6.45, 7) is 4.40. The molecule has 2 aliphatic heterocycles. The van der Waals surface area contributed by atoms with Gasteiger partial charge in [0.2, 0.25) is 11.8 Å². The number of nitrogens with zero attached hydrogens (tertiary/aromatic N) is 1. The molecular weight excluding hydrogens is 400 g/mol. The van der Waals surface area contributed by atoms with Gasteiger partial charge < -0.3 is 15.0 Å². The Morgan fingerprint density at radius 1 is 1.07 bits per heavy atom. The van der Waals surface area contributed by atoms with Crippen molar-refractivity contribution in [3.63, 3.8) is 0 Å². The van der Waals surface area contributed by atoms with Crippen LogP contribution in [0.1, 0.15) is 62.9 Å². The lowest BCUT2D eigenvalue weighted by molar-refractivity contribution is -0.126. The van der Waals surface area contributed by atoms with Crippen LogP contribution in [0.5, 0.6) is 0 Å². The zero-order valence-corrected chi connectivity index (χ0v) is 18.1. The summed E-state index contributed by atoms with van der Waals surface area (Å²) in [5.41, 5.74) is 2.62. The zero-order valence-electron chi connectivity index (χ0n) is 17.4. The van der Waals surface area contributed by atoms with Gasteiger partial charge in [0.15, 0.2) is 0 Å². The van der Waals surface area contributed by atoms with Gasteiger partial charge in [-0.2, -0.15) is 0 Å². The van der Waals surface area contributed by atoms with E-state index in [4.69, 9.17) is 16.3 Å². The number of carbonyl (C=O) groups is 2. The highest BCUT2D eigenvalue weighted by Gasteiger charge is 2.40. The van der Waals surface area contributed by atoms with Crippen LogP contribution in [0.4, 0.5) is 5.69 Å². The molecule has 3 atom stereocenters. The van der Waals surface area contributed by atoms with E-state index < -0.39 is 0 Å². The highest BCUT2D eigenvalue weighted by molar-refractivity contribution is 6.30. The third-order valence-corrected chi connectivity index (χ3v) is 6.22. The molecule has 0 aromatic heterocycles. The molecule has 2 aliphatic rings. The molecule has 1 N–H and O–H groups in total. The van der Waals surface area contributed by atoms with Gasteiger partial charge >= 0.3 is 0 Å².